The molecule has 1 atom stereocenters. The maximum atomic E-state index is 9.37. The maximum absolute atomic E-state index is 9.37. The molecule has 0 amide bonds. The van der Waals surface area contributed by atoms with Gasteiger partial charge in [-0.2, -0.15) is 0 Å². The van der Waals surface area contributed by atoms with E-state index in [9.17, 15) is 5.11 Å². The summed E-state index contributed by atoms with van der Waals surface area (Å²) in [4.78, 5) is 0. The molecule has 2 nitrogen and oxygen atoms in total. The molecule has 0 fully saturated rings. The smallest absolute Gasteiger partial charge is 0.102 e. The Bertz CT molecular complexity index is 281. The van der Waals surface area contributed by atoms with Crippen molar-refractivity contribution in [3.05, 3.63) is 34.9 Å². The van der Waals surface area contributed by atoms with Gasteiger partial charge in [-0.25, -0.2) is 0 Å². The minimum absolute atomic E-state index is 0.217. The lowest BCUT2D eigenvalue weighted by molar-refractivity contribution is 0.0955. The van der Waals surface area contributed by atoms with E-state index >= 15 is 0 Å². The van der Waals surface area contributed by atoms with Gasteiger partial charge < -0.3 is 10.2 Å². The van der Waals surface area contributed by atoms with Gasteiger partial charge in [-0.15, -0.1) is 0 Å². The van der Waals surface area contributed by atoms with Crippen LogP contribution >= 0.6 is 0 Å². The van der Waals surface area contributed by atoms with Crippen molar-refractivity contribution < 1.29 is 10.2 Å². The SMILES string of the molecule is CCc1ccc(C(O)CO)cc1C. The third-order valence-corrected chi connectivity index (χ3v) is 2.31. The minimum atomic E-state index is -0.746. The molecule has 0 aliphatic carbocycles. The molecule has 2 heteroatoms. The molecule has 1 unspecified atom stereocenters. The Labute approximate surface area is 78.8 Å². The van der Waals surface area contributed by atoms with Crippen molar-refractivity contribution in [1.82, 2.24) is 0 Å². The van der Waals surface area contributed by atoms with Crippen LogP contribution in [0.5, 0.6) is 0 Å². The van der Waals surface area contributed by atoms with Crippen LogP contribution in [0.25, 0.3) is 0 Å². The van der Waals surface area contributed by atoms with Crippen molar-refractivity contribution >= 4 is 0 Å². The number of aryl methyl sites for hydroxylation is 2. The molecule has 0 radical (unpaired) electrons. The fourth-order valence-electron chi connectivity index (χ4n) is 1.43. The largest absolute Gasteiger partial charge is 0.393 e. The normalized spacial score (nSPS) is 12.9. The van der Waals surface area contributed by atoms with Gasteiger partial charge in [-0.05, 0) is 30.0 Å². The van der Waals surface area contributed by atoms with Crippen LogP contribution < -0.4 is 0 Å². The highest BCUT2D eigenvalue weighted by atomic mass is 16.3. The summed E-state index contributed by atoms with van der Waals surface area (Å²) in [6.07, 6.45) is 0.256. The summed E-state index contributed by atoms with van der Waals surface area (Å²) >= 11 is 0. The molecule has 72 valence electrons. The Morgan fingerprint density at radius 1 is 1.38 bits per heavy atom. The Balaban J connectivity index is 2.95. The molecule has 1 aromatic carbocycles. The first-order chi connectivity index (χ1) is 6.19. The number of hydrogen-bond acceptors (Lipinski definition) is 2. The van der Waals surface area contributed by atoms with Gasteiger partial charge in [0.05, 0.1) is 6.61 Å². The van der Waals surface area contributed by atoms with Gasteiger partial charge in [0, 0.05) is 0 Å². The molecule has 0 bridgehead atoms. The lowest BCUT2D eigenvalue weighted by Gasteiger charge is -2.10. The van der Waals surface area contributed by atoms with Crippen LogP contribution in [-0.4, -0.2) is 16.8 Å². The summed E-state index contributed by atoms with van der Waals surface area (Å²) in [6, 6.07) is 5.80. The van der Waals surface area contributed by atoms with Crippen molar-refractivity contribution in [2.75, 3.05) is 6.61 Å². The standard InChI is InChI=1S/C11H16O2/c1-3-9-4-5-10(6-8(9)2)11(13)7-12/h4-6,11-13H,3,7H2,1-2H3. The second kappa shape index (κ2) is 4.40. The monoisotopic (exact) mass is 180 g/mol. The highest BCUT2D eigenvalue weighted by Gasteiger charge is 2.06. The average molecular weight is 180 g/mol. The van der Waals surface area contributed by atoms with Gasteiger partial charge in [0.2, 0.25) is 0 Å². The molecule has 1 rings (SSSR count). The van der Waals surface area contributed by atoms with Gasteiger partial charge in [0.1, 0.15) is 6.10 Å². The van der Waals surface area contributed by atoms with Crippen LogP contribution in [0.1, 0.15) is 29.7 Å². The van der Waals surface area contributed by atoms with Gasteiger partial charge in [-0.3, -0.25) is 0 Å². The van der Waals surface area contributed by atoms with E-state index < -0.39 is 6.10 Å². The van der Waals surface area contributed by atoms with E-state index in [4.69, 9.17) is 5.11 Å². The van der Waals surface area contributed by atoms with E-state index in [1.807, 2.05) is 25.1 Å². The van der Waals surface area contributed by atoms with Crippen molar-refractivity contribution in [2.45, 2.75) is 26.4 Å². The highest BCUT2D eigenvalue weighted by Crippen LogP contribution is 2.17. The molecule has 13 heavy (non-hydrogen) atoms. The third kappa shape index (κ3) is 2.29. The van der Waals surface area contributed by atoms with Crippen LogP contribution in [0.3, 0.4) is 0 Å². The van der Waals surface area contributed by atoms with Gasteiger partial charge in [-0.1, -0.05) is 25.1 Å². The number of aliphatic hydroxyl groups is 2. The maximum Gasteiger partial charge on any atom is 0.102 e. The van der Waals surface area contributed by atoms with Crippen molar-refractivity contribution in [3.63, 3.8) is 0 Å². The van der Waals surface area contributed by atoms with Crippen LogP contribution in [0, 0.1) is 6.92 Å². The predicted molar refractivity (Wildman–Crippen MR) is 52.6 cm³/mol. The topological polar surface area (TPSA) is 40.5 Å². The molecule has 0 spiro atoms. The average Bonchev–Trinajstić information content (AvgIpc) is 2.16. The number of benzene rings is 1. The Hall–Kier alpha value is -0.860. The molecule has 2 N–H and O–H groups in total. The molecule has 0 saturated heterocycles. The molecule has 0 heterocycles. The Kier molecular flexibility index (Phi) is 3.46. The summed E-state index contributed by atoms with van der Waals surface area (Å²) in [7, 11) is 0. The molecule has 0 aliphatic heterocycles. The first kappa shape index (κ1) is 10.2. The van der Waals surface area contributed by atoms with Gasteiger partial charge >= 0.3 is 0 Å². The molecule has 0 saturated carbocycles. The third-order valence-electron chi connectivity index (χ3n) is 2.31. The van der Waals surface area contributed by atoms with Gasteiger partial charge in [0.15, 0.2) is 0 Å². The Morgan fingerprint density at radius 3 is 2.54 bits per heavy atom. The lowest BCUT2D eigenvalue weighted by Crippen LogP contribution is -2.03. The van der Waals surface area contributed by atoms with Crippen molar-refractivity contribution in [3.8, 4) is 0 Å². The van der Waals surface area contributed by atoms with E-state index in [-0.39, 0.29) is 6.61 Å². The van der Waals surface area contributed by atoms with Crippen molar-refractivity contribution in [2.24, 2.45) is 0 Å². The fourth-order valence-corrected chi connectivity index (χ4v) is 1.43. The van der Waals surface area contributed by atoms with Crippen LogP contribution in [0.4, 0.5) is 0 Å². The quantitative estimate of drug-likeness (QED) is 0.741. The van der Waals surface area contributed by atoms with Crippen molar-refractivity contribution in [1.29, 1.82) is 0 Å². The molecular weight excluding hydrogens is 164 g/mol. The Morgan fingerprint density at radius 2 is 2.08 bits per heavy atom. The van der Waals surface area contributed by atoms with Crippen LogP contribution in [0.15, 0.2) is 18.2 Å². The second-order valence-corrected chi connectivity index (χ2v) is 3.24. The zero-order valence-electron chi connectivity index (χ0n) is 8.12. The summed E-state index contributed by atoms with van der Waals surface area (Å²) in [6.45, 7) is 3.90. The molecule has 0 aliphatic rings. The molecule has 1 aromatic rings. The molecular formula is C11H16O2. The van der Waals surface area contributed by atoms with E-state index in [0.29, 0.717) is 0 Å². The number of rotatable bonds is 3. The van der Waals surface area contributed by atoms with E-state index in [1.165, 1.54) is 11.1 Å². The van der Waals surface area contributed by atoms with Gasteiger partial charge in [0.25, 0.3) is 0 Å². The molecule has 0 aromatic heterocycles. The minimum Gasteiger partial charge on any atom is -0.393 e. The number of hydrogen-bond donors (Lipinski definition) is 2. The van der Waals surface area contributed by atoms with E-state index in [0.717, 1.165) is 12.0 Å². The van der Waals surface area contributed by atoms with Crippen LogP contribution in [-0.2, 0) is 6.42 Å². The summed E-state index contributed by atoms with van der Waals surface area (Å²) in [5.41, 5.74) is 3.25. The predicted octanol–water partition coefficient (Wildman–Crippen LogP) is 1.58. The summed E-state index contributed by atoms with van der Waals surface area (Å²) < 4.78 is 0. The number of aliphatic hydroxyl groups excluding tert-OH is 2. The second-order valence-electron chi connectivity index (χ2n) is 3.24. The zero-order valence-corrected chi connectivity index (χ0v) is 8.12. The first-order valence-corrected chi connectivity index (χ1v) is 4.57. The first-order valence-electron chi connectivity index (χ1n) is 4.57. The summed E-state index contributed by atoms with van der Waals surface area (Å²) in [5.74, 6) is 0. The zero-order chi connectivity index (χ0) is 9.84. The summed E-state index contributed by atoms with van der Waals surface area (Å²) in [5, 5.41) is 18.1. The highest BCUT2D eigenvalue weighted by molar-refractivity contribution is 5.32. The van der Waals surface area contributed by atoms with E-state index in [2.05, 4.69) is 6.92 Å². The lowest BCUT2D eigenvalue weighted by atomic mass is 10.0. The van der Waals surface area contributed by atoms with E-state index in [1.54, 1.807) is 0 Å². The fraction of sp³-hybridized carbons (Fsp3) is 0.455. The van der Waals surface area contributed by atoms with Crippen LogP contribution in [0.2, 0.25) is 0 Å².